The normalized spacial score (nSPS) is 14.0. The highest BCUT2D eigenvalue weighted by molar-refractivity contribution is 7.85. The Morgan fingerprint density at radius 3 is 1.16 bits per heavy atom. The second-order valence-corrected chi connectivity index (χ2v) is 18.4. The number of carbonyl (C=O) groups excluding carboxylic acids is 1. The van der Waals surface area contributed by atoms with Crippen molar-refractivity contribution in [2.75, 3.05) is 5.75 Å². The number of carbonyl (C=O) groups is 1. The first-order valence-corrected chi connectivity index (χ1v) is 25.9. The molecule has 3 unspecified atom stereocenters. The summed E-state index contributed by atoms with van der Waals surface area (Å²) in [5.41, 5.74) is 0. The van der Waals surface area contributed by atoms with Gasteiger partial charge in [-0.2, -0.15) is 8.42 Å². The van der Waals surface area contributed by atoms with E-state index in [0.717, 1.165) is 44.9 Å². The second kappa shape index (κ2) is 42.6. The van der Waals surface area contributed by atoms with Crippen LogP contribution in [0.25, 0.3) is 0 Å². The van der Waals surface area contributed by atoms with Gasteiger partial charge in [-0.05, 0) is 44.9 Å². The van der Waals surface area contributed by atoms with E-state index in [4.69, 9.17) is 0 Å². The molecule has 0 saturated carbocycles. The molecule has 0 fully saturated rings. The van der Waals surface area contributed by atoms with Crippen molar-refractivity contribution in [1.29, 1.82) is 0 Å². The minimum absolute atomic E-state index is 0.275. The van der Waals surface area contributed by atoms with Crippen molar-refractivity contribution in [1.82, 2.24) is 5.32 Å². The molecule has 0 aromatic heterocycles. The molecule has 0 radical (unpaired) electrons. The summed E-state index contributed by atoms with van der Waals surface area (Å²) < 4.78 is 32.7. The zero-order valence-corrected chi connectivity index (χ0v) is 38.2. The molecule has 1 amide bonds. The molecule has 8 heteroatoms. The number of nitrogens with one attached hydrogen (secondary N) is 1. The Morgan fingerprint density at radius 1 is 0.474 bits per heavy atom. The molecular formula is C49H93NO6S. The van der Waals surface area contributed by atoms with Crippen LogP contribution in [0.5, 0.6) is 0 Å². The van der Waals surface area contributed by atoms with Crippen LogP contribution < -0.4 is 5.32 Å². The quantitative estimate of drug-likeness (QED) is 0.0276. The van der Waals surface area contributed by atoms with Crippen LogP contribution in [0, 0.1) is 0 Å². The van der Waals surface area contributed by atoms with Gasteiger partial charge in [0.15, 0.2) is 0 Å². The molecule has 336 valence electrons. The van der Waals surface area contributed by atoms with Gasteiger partial charge in [-0.15, -0.1) is 0 Å². The molecule has 0 aliphatic rings. The van der Waals surface area contributed by atoms with Gasteiger partial charge in [0.05, 0.1) is 17.9 Å². The third-order valence-electron chi connectivity index (χ3n) is 11.2. The van der Waals surface area contributed by atoms with Gasteiger partial charge in [0, 0.05) is 0 Å². The van der Waals surface area contributed by atoms with Crippen LogP contribution in [0.15, 0.2) is 36.5 Å². The molecular weight excluding hydrogens is 731 g/mol. The van der Waals surface area contributed by atoms with E-state index in [1.165, 1.54) is 173 Å². The molecule has 0 aromatic rings. The number of allylic oxidation sites excluding steroid dienone is 5. The fourth-order valence-electron chi connectivity index (χ4n) is 7.43. The molecule has 0 aromatic carbocycles. The molecule has 0 heterocycles. The predicted molar refractivity (Wildman–Crippen MR) is 245 cm³/mol. The molecule has 0 aliphatic carbocycles. The molecule has 0 spiro atoms. The van der Waals surface area contributed by atoms with E-state index >= 15 is 0 Å². The van der Waals surface area contributed by atoms with Crippen LogP contribution >= 0.6 is 0 Å². The Morgan fingerprint density at radius 2 is 0.789 bits per heavy atom. The maximum atomic E-state index is 12.6. The Hall–Kier alpha value is -1.48. The third-order valence-corrected chi connectivity index (χ3v) is 11.9. The highest BCUT2D eigenvalue weighted by Gasteiger charge is 2.27. The summed E-state index contributed by atoms with van der Waals surface area (Å²) >= 11 is 0. The van der Waals surface area contributed by atoms with E-state index in [2.05, 4.69) is 43.5 Å². The van der Waals surface area contributed by atoms with Gasteiger partial charge in [0.1, 0.15) is 6.10 Å². The molecule has 3 atom stereocenters. The largest absolute Gasteiger partial charge is 0.387 e. The fourth-order valence-corrected chi connectivity index (χ4v) is 8.17. The van der Waals surface area contributed by atoms with Crippen molar-refractivity contribution in [3.05, 3.63) is 36.5 Å². The summed E-state index contributed by atoms with van der Waals surface area (Å²) in [4.78, 5) is 12.6. The Balaban J connectivity index is 3.99. The smallest absolute Gasteiger partial charge is 0.267 e. The van der Waals surface area contributed by atoms with E-state index < -0.39 is 40.0 Å². The van der Waals surface area contributed by atoms with Gasteiger partial charge in [-0.1, -0.05) is 237 Å². The van der Waals surface area contributed by atoms with Crippen molar-refractivity contribution in [3.63, 3.8) is 0 Å². The first-order chi connectivity index (χ1) is 27.7. The van der Waals surface area contributed by atoms with Crippen LogP contribution in [-0.2, 0) is 14.9 Å². The van der Waals surface area contributed by atoms with Gasteiger partial charge in [0.2, 0.25) is 5.91 Å². The van der Waals surface area contributed by atoms with Crippen LogP contribution in [0.4, 0.5) is 0 Å². The Labute approximate surface area is 353 Å². The molecule has 4 N–H and O–H groups in total. The van der Waals surface area contributed by atoms with Crippen molar-refractivity contribution < 1.29 is 28.0 Å². The summed E-state index contributed by atoms with van der Waals surface area (Å²) in [6, 6.07) is -1.25. The molecule has 7 nitrogen and oxygen atoms in total. The summed E-state index contributed by atoms with van der Waals surface area (Å²) in [6.45, 7) is 4.54. The summed E-state index contributed by atoms with van der Waals surface area (Å²) in [7, 11) is -4.46. The molecule has 57 heavy (non-hydrogen) atoms. The van der Waals surface area contributed by atoms with Crippen LogP contribution in [-0.4, -0.2) is 53.1 Å². The van der Waals surface area contributed by atoms with Crippen LogP contribution in [0.1, 0.15) is 245 Å². The summed E-state index contributed by atoms with van der Waals surface area (Å²) in [5, 5.41) is 23.5. The van der Waals surface area contributed by atoms with Crippen LogP contribution in [0.3, 0.4) is 0 Å². The minimum Gasteiger partial charge on any atom is -0.387 e. The van der Waals surface area contributed by atoms with E-state index in [1.54, 1.807) is 6.08 Å². The lowest BCUT2D eigenvalue weighted by Gasteiger charge is -2.22. The summed E-state index contributed by atoms with van der Waals surface area (Å²) in [6.07, 6.45) is 53.5. The number of hydrogen-bond acceptors (Lipinski definition) is 5. The standard InChI is InChI=1S/C49H93NO6S/c1-3-5-7-9-11-13-15-17-19-21-23-24-26-27-29-31-33-35-37-39-41-43-47(51)46(45-57(54,55)56)50-49(53)48(52)44-42-40-38-36-34-32-30-28-25-22-20-18-16-14-12-10-8-6-4-2/h26-27,33,35,41,43,46-48,51-52H,3-25,28-32,34,36-40,42,44-45H2,1-2H3,(H,50,53)(H,54,55,56)/b27-26+,35-33+,43-41+. The van der Waals surface area contributed by atoms with Gasteiger partial charge in [-0.3, -0.25) is 9.35 Å². The first-order valence-electron chi connectivity index (χ1n) is 24.3. The highest BCUT2D eigenvalue weighted by Crippen LogP contribution is 2.16. The number of hydrogen-bond donors (Lipinski definition) is 4. The fraction of sp³-hybridized carbons (Fsp3) is 0.857. The number of aliphatic hydroxyl groups is 2. The van der Waals surface area contributed by atoms with E-state index in [-0.39, 0.29) is 6.42 Å². The highest BCUT2D eigenvalue weighted by atomic mass is 32.2. The maximum Gasteiger partial charge on any atom is 0.267 e. The average Bonchev–Trinajstić information content (AvgIpc) is 3.18. The van der Waals surface area contributed by atoms with Crippen molar-refractivity contribution in [2.45, 2.75) is 263 Å². The van der Waals surface area contributed by atoms with Crippen molar-refractivity contribution >= 4 is 16.0 Å². The van der Waals surface area contributed by atoms with Gasteiger partial charge >= 0.3 is 0 Å². The lowest BCUT2D eigenvalue weighted by Crippen LogP contribution is -2.50. The molecule has 0 bridgehead atoms. The van der Waals surface area contributed by atoms with E-state index in [9.17, 15) is 28.0 Å². The monoisotopic (exact) mass is 824 g/mol. The van der Waals surface area contributed by atoms with Gasteiger partial charge in [-0.25, -0.2) is 0 Å². The van der Waals surface area contributed by atoms with Crippen LogP contribution in [0.2, 0.25) is 0 Å². The second-order valence-electron chi connectivity index (χ2n) is 16.9. The maximum absolute atomic E-state index is 12.6. The molecule has 0 saturated heterocycles. The van der Waals surface area contributed by atoms with Gasteiger partial charge < -0.3 is 15.5 Å². The minimum atomic E-state index is -4.46. The number of unbranched alkanes of at least 4 members (excludes halogenated alkanes) is 31. The topological polar surface area (TPSA) is 124 Å². The zero-order chi connectivity index (χ0) is 41.9. The third kappa shape index (κ3) is 42.5. The van der Waals surface area contributed by atoms with Gasteiger partial charge in [0.25, 0.3) is 10.1 Å². The lowest BCUT2D eigenvalue weighted by molar-refractivity contribution is -0.130. The number of aliphatic hydroxyl groups excluding tert-OH is 2. The summed E-state index contributed by atoms with van der Waals surface area (Å²) in [5.74, 6) is -1.56. The van der Waals surface area contributed by atoms with E-state index in [0.29, 0.717) is 12.8 Å². The lowest BCUT2D eigenvalue weighted by atomic mass is 10.0. The molecule has 0 aliphatic heterocycles. The Kier molecular flexibility index (Phi) is 41.5. The first kappa shape index (κ1) is 55.5. The van der Waals surface area contributed by atoms with Crippen molar-refractivity contribution in [2.24, 2.45) is 0 Å². The SMILES string of the molecule is CCCCCCCCCCCCC/C=C/CC/C=C/CC/C=C/C(O)C(CS(=O)(=O)O)NC(=O)C(O)CCCCCCCCCCCCCCCCCCCCC. The van der Waals surface area contributed by atoms with Crippen molar-refractivity contribution in [3.8, 4) is 0 Å². The Bertz CT molecular complexity index is 1060. The average molecular weight is 824 g/mol. The van der Waals surface area contributed by atoms with E-state index in [1.807, 2.05) is 0 Å². The molecule has 0 rings (SSSR count). The predicted octanol–water partition coefficient (Wildman–Crippen LogP) is 13.8. The number of amides is 1. The zero-order valence-electron chi connectivity index (χ0n) is 37.3. The number of rotatable bonds is 44.